The average molecular weight is 203 g/mol. The zero-order valence-electron chi connectivity index (χ0n) is 8.60. The molecular weight excluding hydrogens is 192 g/mol. The second-order valence-corrected chi connectivity index (χ2v) is 3.39. The first kappa shape index (κ1) is 11.1. The summed E-state index contributed by atoms with van der Waals surface area (Å²) in [5, 5.41) is 19.6. The number of hydrogen-bond acceptors (Lipinski definition) is 3. The second-order valence-electron chi connectivity index (χ2n) is 3.39. The van der Waals surface area contributed by atoms with Crippen molar-refractivity contribution < 1.29 is 9.90 Å². The van der Waals surface area contributed by atoms with Gasteiger partial charge in [-0.1, -0.05) is 6.07 Å². The Kier molecular flexibility index (Phi) is 3.29. The molecule has 0 N–H and O–H groups in total. The molecule has 4 heteroatoms. The fraction of sp³-hybridized carbons (Fsp3) is 0.273. The maximum absolute atomic E-state index is 10.9. The number of hydrogen-bond donors (Lipinski definition) is 0. The van der Waals surface area contributed by atoms with Crippen LogP contribution in [0, 0.1) is 11.3 Å². The molecule has 0 unspecified atom stereocenters. The Balaban J connectivity index is 3.12. The van der Waals surface area contributed by atoms with E-state index in [0.29, 0.717) is 11.3 Å². The summed E-state index contributed by atoms with van der Waals surface area (Å²) in [7, 11) is 0. The third-order valence-corrected chi connectivity index (χ3v) is 1.97. The van der Waals surface area contributed by atoms with Crippen molar-refractivity contribution >= 4 is 11.8 Å². The predicted molar refractivity (Wildman–Crippen MR) is 54.2 cm³/mol. The summed E-state index contributed by atoms with van der Waals surface area (Å²) < 4.78 is 0. The van der Waals surface area contributed by atoms with Crippen molar-refractivity contribution in [1.82, 2.24) is 0 Å². The lowest BCUT2D eigenvalue weighted by Gasteiger charge is -2.29. The smallest absolute Gasteiger partial charge is 0.141 e. The quantitative estimate of drug-likeness (QED) is 0.723. The van der Waals surface area contributed by atoms with E-state index in [1.807, 2.05) is 6.07 Å². The van der Waals surface area contributed by atoms with E-state index in [1.165, 1.54) is 6.07 Å². The maximum atomic E-state index is 10.9. The topological polar surface area (TPSA) is 67.2 Å². The highest BCUT2D eigenvalue weighted by atomic mass is 16.4. The minimum Gasteiger partial charge on any atom is -0.530 e. The lowest BCUT2D eigenvalue weighted by molar-refractivity contribution is -0.247. The molecule has 1 aromatic carbocycles. The van der Waals surface area contributed by atoms with Crippen molar-refractivity contribution in [3.63, 3.8) is 0 Å². The number of carbonyl (C=O) groups is 1. The van der Waals surface area contributed by atoms with Gasteiger partial charge in [-0.3, -0.25) is 0 Å². The monoisotopic (exact) mass is 203 g/mol. The Labute approximate surface area is 88.4 Å². The molecule has 1 rings (SSSR count). The van der Waals surface area contributed by atoms with Gasteiger partial charge in [-0.05, 0) is 32.0 Å². The van der Waals surface area contributed by atoms with Gasteiger partial charge in [0, 0.05) is 11.7 Å². The highest BCUT2D eigenvalue weighted by molar-refractivity contribution is 5.85. The van der Waals surface area contributed by atoms with Crippen LogP contribution in [-0.4, -0.2) is 12.1 Å². The number of amides is 1. The molecule has 1 aromatic rings. The fourth-order valence-corrected chi connectivity index (χ4v) is 1.34. The molecule has 0 aliphatic rings. The molecule has 0 aromatic heterocycles. The van der Waals surface area contributed by atoms with Crippen LogP contribution in [0.5, 0.6) is 0 Å². The van der Waals surface area contributed by atoms with Crippen LogP contribution in [0.1, 0.15) is 19.4 Å². The molecule has 0 heterocycles. The third-order valence-electron chi connectivity index (χ3n) is 1.97. The van der Waals surface area contributed by atoms with Crippen molar-refractivity contribution in [2.24, 2.45) is 0 Å². The zero-order valence-corrected chi connectivity index (χ0v) is 8.60. The Hall–Kier alpha value is -2.02. The molecule has 0 aliphatic carbocycles. The number of nitrogens with zero attached hydrogens (tertiary/aromatic N) is 2. The number of nitriles is 1. The van der Waals surface area contributed by atoms with Gasteiger partial charge in [-0.25, -0.2) is 0 Å². The summed E-state index contributed by atoms with van der Waals surface area (Å²) in [4.78, 5) is 12.0. The summed E-state index contributed by atoms with van der Waals surface area (Å²) >= 11 is 0. The molecule has 0 bridgehead atoms. The minimum absolute atomic E-state index is 0.219. The average Bonchev–Trinajstić information content (AvgIpc) is 2.17. The molecule has 15 heavy (non-hydrogen) atoms. The van der Waals surface area contributed by atoms with Gasteiger partial charge < -0.3 is 14.8 Å². The minimum atomic E-state index is -1.26. The fourth-order valence-electron chi connectivity index (χ4n) is 1.34. The third kappa shape index (κ3) is 2.47. The molecule has 0 spiro atoms. The van der Waals surface area contributed by atoms with Crippen molar-refractivity contribution in [3.05, 3.63) is 29.8 Å². The lowest BCUT2D eigenvalue weighted by atomic mass is 10.2. The Morgan fingerprint density at radius 3 is 2.67 bits per heavy atom. The van der Waals surface area contributed by atoms with Gasteiger partial charge in [-0.2, -0.15) is 5.26 Å². The molecule has 0 saturated carbocycles. The molecule has 0 radical (unpaired) electrons. The van der Waals surface area contributed by atoms with Crippen LogP contribution in [0.4, 0.5) is 10.5 Å². The van der Waals surface area contributed by atoms with E-state index < -0.39 is 6.09 Å². The molecule has 78 valence electrons. The summed E-state index contributed by atoms with van der Waals surface area (Å²) in [6.45, 7) is 3.49. The van der Waals surface area contributed by atoms with E-state index in [2.05, 4.69) is 0 Å². The molecule has 0 aliphatic heterocycles. The van der Waals surface area contributed by atoms with Gasteiger partial charge in [0.05, 0.1) is 11.6 Å². The van der Waals surface area contributed by atoms with Gasteiger partial charge in [-0.15, -0.1) is 0 Å². The van der Waals surface area contributed by atoms with Crippen LogP contribution in [0.3, 0.4) is 0 Å². The Bertz CT molecular complexity index is 407. The van der Waals surface area contributed by atoms with Crippen LogP contribution in [-0.2, 0) is 0 Å². The van der Waals surface area contributed by atoms with E-state index in [1.54, 1.807) is 32.0 Å². The summed E-state index contributed by atoms with van der Waals surface area (Å²) in [5.41, 5.74) is 0.892. The van der Waals surface area contributed by atoms with Crippen molar-refractivity contribution in [1.29, 1.82) is 5.26 Å². The zero-order chi connectivity index (χ0) is 11.4. The highest BCUT2D eigenvalue weighted by Crippen LogP contribution is 2.17. The first-order chi connectivity index (χ1) is 7.06. The molecular formula is C11H11N2O2-. The highest BCUT2D eigenvalue weighted by Gasteiger charge is 2.11. The number of anilines is 1. The van der Waals surface area contributed by atoms with Gasteiger partial charge in [0.15, 0.2) is 0 Å². The van der Waals surface area contributed by atoms with E-state index >= 15 is 0 Å². The number of carboxylic acid groups (broad SMARTS) is 1. The predicted octanol–water partition coefficient (Wildman–Crippen LogP) is 1.12. The summed E-state index contributed by atoms with van der Waals surface area (Å²) in [6, 6.07) is 8.17. The molecule has 0 fully saturated rings. The van der Waals surface area contributed by atoms with E-state index in [9.17, 15) is 9.90 Å². The summed E-state index contributed by atoms with van der Waals surface area (Å²) in [6.07, 6.45) is -1.26. The van der Waals surface area contributed by atoms with Crippen LogP contribution in [0.15, 0.2) is 24.3 Å². The molecule has 4 nitrogen and oxygen atoms in total. The van der Waals surface area contributed by atoms with Gasteiger partial charge in [0.2, 0.25) is 0 Å². The Morgan fingerprint density at radius 2 is 2.20 bits per heavy atom. The number of benzene rings is 1. The summed E-state index contributed by atoms with van der Waals surface area (Å²) in [5.74, 6) is 0. The second kappa shape index (κ2) is 4.47. The number of rotatable bonds is 2. The van der Waals surface area contributed by atoms with Crippen molar-refractivity contribution in [2.45, 2.75) is 19.9 Å². The van der Waals surface area contributed by atoms with Crippen LogP contribution < -0.4 is 10.0 Å². The maximum Gasteiger partial charge on any atom is 0.141 e. The van der Waals surface area contributed by atoms with Gasteiger partial charge >= 0.3 is 0 Å². The Morgan fingerprint density at radius 1 is 1.53 bits per heavy atom. The molecule has 1 amide bonds. The van der Waals surface area contributed by atoms with Crippen LogP contribution in [0.2, 0.25) is 0 Å². The van der Waals surface area contributed by atoms with Crippen molar-refractivity contribution in [2.75, 3.05) is 4.90 Å². The van der Waals surface area contributed by atoms with Crippen LogP contribution >= 0.6 is 0 Å². The van der Waals surface area contributed by atoms with Gasteiger partial charge in [0.1, 0.15) is 6.09 Å². The lowest BCUT2D eigenvalue weighted by Crippen LogP contribution is -2.45. The first-order valence-electron chi connectivity index (χ1n) is 4.56. The SMILES string of the molecule is CC(C)N(C(=O)[O-])c1cccc(C#N)c1. The molecule has 0 saturated heterocycles. The first-order valence-corrected chi connectivity index (χ1v) is 4.56. The standard InChI is InChI=1S/C11H12N2O2/c1-8(2)13(11(14)15)10-5-3-4-9(6-10)7-12/h3-6,8H,1-2H3,(H,14,15)/p-1. The van der Waals surface area contributed by atoms with E-state index in [-0.39, 0.29) is 6.04 Å². The van der Waals surface area contributed by atoms with Gasteiger partial charge in [0.25, 0.3) is 0 Å². The van der Waals surface area contributed by atoms with E-state index in [4.69, 9.17) is 5.26 Å². The van der Waals surface area contributed by atoms with E-state index in [0.717, 1.165) is 4.90 Å². The van der Waals surface area contributed by atoms with Crippen LogP contribution in [0.25, 0.3) is 0 Å². The largest absolute Gasteiger partial charge is 0.530 e. The normalized spacial score (nSPS) is 9.73. The number of carbonyl (C=O) groups excluding carboxylic acids is 1. The van der Waals surface area contributed by atoms with Crippen molar-refractivity contribution in [3.8, 4) is 6.07 Å². The molecule has 0 atom stereocenters.